The van der Waals surface area contributed by atoms with Crippen LogP contribution < -0.4 is 5.32 Å². The van der Waals surface area contributed by atoms with Crippen LogP contribution in [-0.4, -0.2) is 30.7 Å². The van der Waals surface area contributed by atoms with Gasteiger partial charge in [0.05, 0.1) is 0 Å². The Hall–Kier alpha value is -0.811. The van der Waals surface area contributed by atoms with Crippen molar-refractivity contribution in [3.8, 4) is 0 Å². The van der Waals surface area contributed by atoms with Crippen molar-refractivity contribution in [2.24, 2.45) is 0 Å². The van der Waals surface area contributed by atoms with Crippen molar-refractivity contribution >= 4 is 59.3 Å². The average Bonchev–Trinajstić information content (AvgIpc) is 3.04. The molecule has 0 fully saturated rings. The molecule has 3 rings (SSSR count). The second kappa shape index (κ2) is 5.76. The number of hydrogen-bond acceptors (Lipinski definition) is 5. The Morgan fingerprint density at radius 3 is 2.71 bits per heavy atom. The SMILES string of the molecule is CSc1cc2ncnc(Nc3c[se]c(C(C)(C)C)c3)c2s1. The third-order valence-corrected chi connectivity index (χ3v) is 8.13. The molecule has 110 valence electrons. The van der Waals surface area contributed by atoms with Gasteiger partial charge in [-0.2, -0.15) is 0 Å². The summed E-state index contributed by atoms with van der Waals surface area (Å²) in [5, 5.41) is 3.47. The van der Waals surface area contributed by atoms with Crippen molar-refractivity contribution < 1.29 is 0 Å². The zero-order chi connectivity index (χ0) is 15.0. The first-order valence-corrected chi connectivity index (χ1v) is 10.5. The molecule has 3 aromatic heterocycles. The first-order valence-electron chi connectivity index (χ1n) is 6.62. The van der Waals surface area contributed by atoms with Crippen molar-refractivity contribution in [2.45, 2.75) is 30.4 Å². The first-order chi connectivity index (χ1) is 9.97. The van der Waals surface area contributed by atoms with Crippen LogP contribution in [0.1, 0.15) is 25.2 Å². The summed E-state index contributed by atoms with van der Waals surface area (Å²) < 4.78 is 3.91. The van der Waals surface area contributed by atoms with Gasteiger partial charge < -0.3 is 0 Å². The fourth-order valence-corrected chi connectivity index (χ4v) is 5.51. The predicted octanol–water partition coefficient (Wildman–Crippen LogP) is 4.51. The number of rotatable bonds is 3. The molecule has 0 amide bonds. The van der Waals surface area contributed by atoms with E-state index in [1.165, 1.54) is 14.3 Å². The second-order valence-corrected chi connectivity index (χ2v) is 9.85. The molecular weight excluding hydrogens is 365 g/mol. The van der Waals surface area contributed by atoms with E-state index in [1.54, 1.807) is 29.4 Å². The van der Waals surface area contributed by atoms with Crippen LogP contribution in [0.3, 0.4) is 0 Å². The van der Waals surface area contributed by atoms with Crippen LogP contribution in [0.5, 0.6) is 0 Å². The second-order valence-electron chi connectivity index (χ2n) is 5.78. The summed E-state index contributed by atoms with van der Waals surface area (Å²) in [6, 6.07) is 4.40. The van der Waals surface area contributed by atoms with Crippen molar-refractivity contribution in [2.75, 3.05) is 11.6 Å². The van der Waals surface area contributed by atoms with E-state index < -0.39 is 0 Å². The van der Waals surface area contributed by atoms with Crippen LogP contribution in [0.15, 0.2) is 27.6 Å². The van der Waals surface area contributed by atoms with E-state index in [1.807, 2.05) is 0 Å². The molecule has 0 atom stereocenters. The molecule has 0 aliphatic rings. The molecule has 0 radical (unpaired) electrons. The Morgan fingerprint density at radius 1 is 1.24 bits per heavy atom. The Labute approximate surface area is 139 Å². The van der Waals surface area contributed by atoms with E-state index in [9.17, 15) is 0 Å². The fraction of sp³-hybridized carbons (Fsp3) is 0.333. The van der Waals surface area contributed by atoms with Crippen LogP contribution in [0.2, 0.25) is 0 Å². The summed E-state index contributed by atoms with van der Waals surface area (Å²) in [5.74, 6) is 0.916. The molecule has 0 saturated heterocycles. The summed E-state index contributed by atoms with van der Waals surface area (Å²) in [6.07, 6.45) is 3.72. The van der Waals surface area contributed by atoms with Crippen LogP contribution in [0.25, 0.3) is 10.2 Å². The minimum absolute atomic E-state index is 0.246. The number of fused-ring (bicyclic) bond motifs is 1. The number of anilines is 2. The Morgan fingerprint density at radius 2 is 2.05 bits per heavy atom. The van der Waals surface area contributed by atoms with Crippen molar-refractivity contribution in [3.63, 3.8) is 0 Å². The van der Waals surface area contributed by atoms with Gasteiger partial charge in [-0.15, -0.1) is 0 Å². The Bertz CT molecular complexity index is 771. The van der Waals surface area contributed by atoms with Gasteiger partial charge >= 0.3 is 139 Å². The maximum atomic E-state index is 4.42. The number of hydrogen-bond donors (Lipinski definition) is 1. The molecule has 0 unspecified atom stereocenters. The molecule has 0 saturated carbocycles. The summed E-state index contributed by atoms with van der Waals surface area (Å²) >= 11 is 3.93. The van der Waals surface area contributed by atoms with E-state index in [2.05, 4.69) is 59.4 Å². The topological polar surface area (TPSA) is 37.8 Å². The molecular formula is C15H17N3S2Se. The van der Waals surface area contributed by atoms with Gasteiger partial charge in [0.25, 0.3) is 0 Å². The van der Waals surface area contributed by atoms with Gasteiger partial charge in [0.15, 0.2) is 0 Å². The quantitative estimate of drug-likeness (QED) is 0.534. The first kappa shape index (κ1) is 15.1. The molecule has 21 heavy (non-hydrogen) atoms. The monoisotopic (exact) mass is 383 g/mol. The molecule has 3 nitrogen and oxygen atoms in total. The summed E-state index contributed by atoms with van der Waals surface area (Å²) in [7, 11) is 0. The Kier molecular flexibility index (Phi) is 4.14. The number of aromatic nitrogens is 2. The van der Waals surface area contributed by atoms with E-state index in [0.29, 0.717) is 14.5 Å². The minimum atomic E-state index is 0.246. The van der Waals surface area contributed by atoms with E-state index in [-0.39, 0.29) is 5.41 Å². The summed E-state index contributed by atoms with van der Waals surface area (Å²) in [6.45, 7) is 6.80. The van der Waals surface area contributed by atoms with Gasteiger partial charge in [-0.25, -0.2) is 0 Å². The van der Waals surface area contributed by atoms with Crippen LogP contribution >= 0.6 is 23.1 Å². The third kappa shape index (κ3) is 3.19. The van der Waals surface area contributed by atoms with Gasteiger partial charge in [-0.05, 0) is 0 Å². The number of thiophene rings is 1. The molecule has 6 heteroatoms. The summed E-state index contributed by atoms with van der Waals surface area (Å²) in [5.41, 5.74) is 2.43. The van der Waals surface area contributed by atoms with E-state index >= 15 is 0 Å². The fourth-order valence-electron chi connectivity index (χ4n) is 1.95. The molecule has 0 aliphatic carbocycles. The van der Waals surface area contributed by atoms with Gasteiger partial charge in [-0.1, -0.05) is 0 Å². The molecule has 1 N–H and O–H groups in total. The summed E-state index contributed by atoms with van der Waals surface area (Å²) in [4.78, 5) is 11.1. The molecule has 3 heterocycles. The van der Waals surface area contributed by atoms with Crippen LogP contribution in [0, 0.1) is 0 Å². The van der Waals surface area contributed by atoms with Crippen molar-refractivity contribution in [1.29, 1.82) is 0 Å². The van der Waals surface area contributed by atoms with Crippen molar-refractivity contribution in [1.82, 2.24) is 9.97 Å². The van der Waals surface area contributed by atoms with E-state index in [0.717, 1.165) is 16.0 Å². The van der Waals surface area contributed by atoms with Gasteiger partial charge in [0.1, 0.15) is 0 Å². The number of thioether (sulfide) groups is 1. The zero-order valence-corrected chi connectivity index (χ0v) is 15.8. The molecule has 0 aliphatic heterocycles. The van der Waals surface area contributed by atoms with Crippen LogP contribution in [-0.2, 0) is 5.41 Å². The molecule has 0 aromatic carbocycles. The van der Waals surface area contributed by atoms with Gasteiger partial charge in [0.2, 0.25) is 0 Å². The standard InChI is InChI=1S/C15H17N3S2Se/c1-15(2,3)11-5-9(7-21-11)18-14-13-10(16-8-17-14)6-12(19-4)20-13/h5-8H,1-4H3,(H,16,17,18). The van der Waals surface area contributed by atoms with Crippen molar-refractivity contribution in [3.05, 3.63) is 27.8 Å². The van der Waals surface area contributed by atoms with Gasteiger partial charge in [0, 0.05) is 0 Å². The van der Waals surface area contributed by atoms with Gasteiger partial charge in [-0.3, -0.25) is 0 Å². The van der Waals surface area contributed by atoms with Crippen LogP contribution in [0.4, 0.5) is 11.5 Å². The third-order valence-electron chi connectivity index (χ3n) is 3.09. The normalized spacial score (nSPS) is 12.0. The van der Waals surface area contributed by atoms with E-state index in [4.69, 9.17) is 0 Å². The zero-order valence-electron chi connectivity index (χ0n) is 12.4. The maximum absolute atomic E-state index is 4.42. The Balaban J connectivity index is 1.94. The molecule has 0 spiro atoms. The predicted molar refractivity (Wildman–Crippen MR) is 94.6 cm³/mol. The average molecular weight is 382 g/mol. The number of nitrogens with one attached hydrogen (secondary N) is 1. The molecule has 0 bridgehead atoms. The molecule has 3 aromatic rings. The number of nitrogens with zero attached hydrogens (tertiary/aromatic N) is 2.